The van der Waals surface area contributed by atoms with Gasteiger partial charge in [-0.1, -0.05) is 41.5 Å². The van der Waals surface area contributed by atoms with Crippen LogP contribution in [0.1, 0.15) is 130 Å². The first-order chi connectivity index (χ1) is 21.2. The summed E-state index contributed by atoms with van der Waals surface area (Å²) in [5.41, 5.74) is -5.93. The van der Waals surface area contributed by atoms with Crippen molar-refractivity contribution in [3.63, 3.8) is 0 Å². The Morgan fingerprint density at radius 2 is 1.19 bits per heavy atom. The molecule has 9 nitrogen and oxygen atoms in total. The number of aromatic hydroxyl groups is 2. The number of ketones is 5. The predicted molar refractivity (Wildman–Crippen MR) is 177 cm³/mol. The van der Waals surface area contributed by atoms with E-state index in [1.165, 1.54) is 27.7 Å². The van der Waals surface area contributed by atoms with Gasteiger partial charge in [-0.2, -0.15) is 0 Å². The fourth-order valence-electron chi connectivity index (χ4n) is 7.96. The molecule has 0 saturated carbocycles. The smallest absolute Gasteiger partial charge is 0.175 e. The van der Waals surface area contributed by atoms with E-state index in [0.29, 0.717) is 0 Å². The predicted octanol–water partition coefficient (Wildman–Crippen LogP) is 7.28. The molecule has 0 bridgehead atoms. The Morgan fingerprint density at radius 3 is 1.66 bits per heavy atom. The number of Topliss-reactive ketones (excluding diaryl/α,β-unsaturated/α-hetero) is 5. The second kappa shape index (κ2) is 10.9. The van der Waals surface area contributed by atoms with Gasteiger partial charge in [0.1, 0.15) is 34.3 Å². The van der Waals surface area contributed by atoms with Crippen LogP contribution in [0, 0.1) is 39.4 Å². The topological polar surface area (TPSA) is 155 Å². The molecule has 0 spiro atoms. The number of aliphatic hydroxyl groups excluding tert-OH is 1. The van der Waals surface area contributed by atoms with Gasteiger partial charge < -0.3 is 20.1 Å². The lowest BCUT2D eigenvalue weighted by molar-refractivity contribution is -0.146. The second-order valence-corrected chi connectivity index (χ2v) is 16.6. The normalized spacial score (nSPS) is 23.7. The fourth-order valence-corrected chi connectivity index (χ4v) is 7.96. The number of fused-ring (bicyclic) bond motifs is 1. The summed E-state index contributed by atoms with van der Waals surface area (Å²) in [6.45, 7) is 22.9. The Balaban J connectivity index is 2.24. The molecular weight excluding hydrogens is 600 g/mol. The van der Waals surface area contributed by atoms with E-state index < -0.39 is 85.7 Å². The molecule has 9 heteroatoms. The minimum Gasteiger partial charge on any atom is -0.511 e. The van der Waals surface area contributed by atoms with Crippen molar-refractivity contribution in [3.05, 3.63) is 39.4 Å². The average molecular weight is 651 g/mol. The molecule has 3 N–H and O–H groups in total. The summed E-state index contributed by atoms with van der Waals surface area (Å²) in [7, 11) is 0. The van der Waals surface area contributed by atoms with Crippen LogP contribution in [0.2, 0.25) is 0 Å². The number of phenols is 2. The molecule has 0 aromatic heterocycles. The summed E-state index contributed by atoms with van der Waals surface area (Å²) in [6, 6.07) is 0. The first kappa shape index (κ1) is 36.1. The third kappa shape index (κ3) is 4.73. The standard InChI is InChI=1S/C38H50O9/c1-15(2)18(22-29(42)35(7,8)33(45)36(9,10)30(22)43)20-26(40)21-19(16(3)4)23-31(44)37(11,12)34(46)38(13,14)32(23)47-28(21)24(27(20)41)25(39)17(5)6/h15-19,40-42H,1-14H3/t18?,19-/m1/s1. The molecule has 47 heavy (non-hydrogen) atoms. The Hall–Kier alpha value is -3.75. The van der Waals surface area contributed by atoms with Crippen LogP contribution in [-0.2, 0) is 19.2 Å². The largest absolute Gasteiger partial charge is 0.511 e. The quantitative estimate of drug-likeness (QED) is 0.213. The van der Waals surface area contributed by atoms with Gasteiger partial charge in [0.2, 0.25) is 0 Å². The van der Waals surface area contributed by atoms with Crippen molar-refractivity contribution < 1.29 is 44.0 Å². The molecule has 1 aliphatic heterocycles. The Bertz CT molecular complexity index is 1710. The number of carbonyl (C=O) groups excluding carboxylic acids is 5. The van der Waals surface area contributed by atoms with Crippen LogP contribution in [0.4, 0.5) is 0 Å². The Kier molecular flexibility index (Phi) is 8.36. The highest BCUT2D eigenvalue weighted by atomic mass is 16.5. The number of rotatable bonds is 6. The van der Waals surface area contributed by atoms with Crippen LogP contribution in [-0.4, -0.2) is 44.2 Å². The van der Waals surface area contributed by atoms with Crippen molar-refractivity contribution in [3.8, 4) is 17.2 Å². The van der Waals surface area contributed by atoms with E-state index in [-0.39, 0.29) is 51.0 Å². The second-order valence-electron chi connectivity index (χ2n) is 16.6. The summed E-state index contributed by atoms with van der Waals surface area (Å²) < 4.78 is 6.42. The fraction of sp³-hybridized carbons (Fsp3) is 0.605. The highest BCUT2D eigenvalue weighted by Gasteiger charge is 2.59. The van der Waals surface area contributed by atoms with Crippen LogP contribution in [0.3, 0.4) is 0 Å². The monoisotopic (exact) mass is 650 g/mol. The molecule has 0 saturated heterocycles. The van der Waals surface area contributed by atoms with E-state index >= 15 is 0 Å². The van der Waals surface area contributed by atoms with Crippen molar-refractivity contribution in [2.24, 2.45) is 39.4 Å². The number of carbonyl (C=O) groups is 5. The maximum absolute atomic E-state index is 14.2. The van der Waals surface area contributed by atoms with E-state index in [1.807, 2.05) is 13.8 Å². The maximum Gasteiger partial charge on any atom is 0.175 e. The number of aliphatic hydroxyl groups is 1. The van der Waals surface area contributed by atoms with Gasteiger partial charge in [-0.05, 0) is 67.2 Å². The zero-order valence-electron chi connectivity index (χ0n) is 30.2. The van der Waals surface area contributed by atoms with Crippen LogP contribution in [0.5, 0.6) is 17.2 Å². The van der Waals surface area contributed by atoms with Gasteiger partial charge in [-0.3, -0.25) is 24.0 Å². The zero-order valence-corrected chi connectivity index (χ0v) is 30.2. The molecule has 1 unspecified atom stereocenters. The molecule has 2 aliphatic carbocycles. The number of phenolic OH excluding ortho intramolecular Hbond substituents is 2. The van der Waals surface area contributed by atoms with E-state index in [1.54, 1.807) is 55.4 Å². The molecule has 1 aromatic rings. The Morgan fingerprint density at radius 1 is 0.702 bits per heavy atom. The average Bonchev–Trinajstić information content (AvgIpc) is 2.96. The van der Waals surface area contributed by atoms with Gasteiger partial charge in [0.15, 0.2) is 28.9 Å². The number of allylic oxidation sites excluding steroid dienone is 4. The first-order valence-corrected chi connectivity index (χ1v) is 16.4. The van der Waals surface area contributed by atoms with Crippen molar-refractivity contribution in [2.75, 3.05) is 0 Å². The maximum atomic E-state index is 14.2. The van der Waals surface area contributed by atoms with E-state index in [0.717, 1.165) is 0 Å². The minimum atomic E-state index is -1.53. The number of hydrogen-bond donors (Lipinski definition) is 3. The third-order valence-corrected chi connectivity index (χ3v) is 10.6. The van der Waals surface area contributed by atoms with Crippen LogP contribution < -0.4 is 4.74 Å². The third-order valence-electron chi connectivity index (χ3n) is 10.6. The van der Waals surface area contributed by atoms with E-state index in [2.05, 4.69) is 0 Å². The molecular formula is C38H50O9. The van der Waals surface area contributed by atoms with E-state index in [4.69, 9.17) is 4.74 Å². The first-order valence-electron chi connectivity index (χ1n) is 16.4. The minimum absolute atomic E-state index is 0.0765. The molecule has 0 radical (unpaired) electrons. The lowest BCUT2D eigenvalue weighted by atomic mass is 9.58. The highest BCUT2D eigenvalue weighted by Crippen LogP contribution is 2.62. The van der Waals surface area contributed by atoms with Crippen LogP contribution >= 0.6 is 0 Å². The zero-order chi connectivity index (χ0) is 36.3. The molecule has 3 aliphatic rings. The van der Waals surface area contributed by atoms with Gasteiger partial charge in [0.25, 0.3) is 0 Å². The number of hydrogen-bond acceptors (Lipinski definition) is 9. The lowest BCUT2D eigenvalue weighted by Crippen LogP contribution is -2.52. The summed E-state index contributed by atoms with van der Waals surface area (Å²) in [5, 5.41) is 36.1. The Labute approximate surface area is 277 Å². The summed E-state index contributed by atoms with van der Waals surface area (Å²) in [6.07, 6.45) is 0. The van der Waals surface area contributed by atoms with Gasteiger partial charge in [0.05, 0.1) is 21.7 Å². The molecule has 1 aromatic carbocycles. The van der Waals surface area contributed by atoms with Crippen LogP contribution in [0.25, 0.3) is 0 Å². The SMILES string of the molecule is CC(C)C(=O)c1c(O)c(C(C2=C(O)C(C)(C)C(=O)C(C)(C)C2=O)C(C)C)c(O)c2c1OC1=C(C(=O)C(C)(C)C(=O)C1(C)C)[C@@H]2C(C)C. The molecule has 4 rings (SSSR count). The number of ether oxygens (including phenoxy) is 1. The summed E-state index contributed by atoms with van der Waals surface area (Å²) >= 11 is 0. The molecule has 0 fully saturated rings. The summed E-state index contributed by atoms with van der Waals surface area (Å²) in [5.74, 6) is -7.72. The van der Waals surface area contributed by atoms with Gasteiger partial charge in [-0.15, -0.1) is 0 Å². The lowest BCUT2D eigenvalue weighted by Gasteiger charge is -2.46. The van der Waals surface area contributed by atoms with Gasteiger partial charge in [0, 0.05) is 40.0 Å². The molecule has 0 amide bonds. The summed E-state index contributed by atoms with van der Waals surface area (Å²) in [4.78, 5) is 69.4. The van der Waals surface area contributed by atoms with Gasteiger partial charge in [-0.25, -0.2) is 0 Å². The van der Waals surface area contributed by atoms with Gasteiger partial charge >= 0.3 is 0 Å². The molecule has 2 atom stereocenters. The van der Waals surface area contributed by atoms with Crippen molar-refractivity contribution in [2.45, 2.75) is 109 Å². The molecule has 256 valence electrons. The molecule has 1 heterocycles. The van der Waals surface area contributed by atoms with Crippen molar-refractivity contribution in [1.82, 2.24) is 0 Å². The van der Waals surface area contributed by atoms with Crippen molar-refractivity contribution in [1.29, 1.82) is 0 Å². The van der Waals surface area contributed by atoms with Crippen molar-refractivity contribution >= 4 is 28.9 Å². The highest BCUT2D eigenvalue weighted by molar-refractivity contribution is 6.21. The van der Waals surface area contributed by atoms with Crippen LogP contribution in [0.15, 0.2) is 22.7 Å². The van der Waals surface area contributed by atoms with E-state index in [9.17, 15) is 39.3 Å². The number of benzene rings is 1.